The van der Waals surface area contributed by atoms with Gasteiger partial charge in [-0.05, 0) is 18.5 Å². The van der Waals surface area contributed by atoms with Gasteiger partial charge >= 0.3 is 0 Å². The van der Waals surface area contributed by atoms with Crippen LogP contribution in [0.4, 0.5) is 0 Å². The lowest BCUT2D eigenvalue weighted by molar-refractivity contribution is 0.0471. The van der Waals surface area contributed by atoms with Crippen LogP contribution in [0.15, 0.2) is 12.4 Å². The fourth-order valence-corrected chi connectivity index (χ4v) is 3.15. The van der Waals surface area contributed by atoms with Crippen LogP contribution >= 0.6 is 11.5 Å². The Morgan fingerprint density at radius 3 is 2.95 bits per heavy atom. The highest BCUT2D eigenvalue weighted by Gasteiger charge is 2.33. The second-order valence-electron chi connectivity index (χ2n) is 5.11. The molecule has 6 nitrogen and oxygen atoms in total. The summed E-state index contributed by atoms with van der Waals surface area (Å²) >= 11 is 1.18. The molecule has 0 aromatic carbocycles. The molecule has 20 heavy (non-hydrogen) atoms. The minimum absolute atomic E-state index is 0.0649. The first-order valence-corrected chi connectivity index (χ1v) is 7.54. The zero-order valence-corrected chi connectivity index (χ0v) is 12.4. The summed E-state index contributed by atoms with van der Waals surface area (Å²) in [6, 6.07) is 0. The number of likely N-dealkylation sites (tertiary alicyclic amines) is 1. The molecule has 0 unspecified atom stereocenters. The van der Waals surface area contributed by atoms with E-state index in [4.69, 9.17) is 0 Å². The number of hydrogen-bond donors (Lipinski definition) is 0. The quantitative estimate of drug-likeness (QED) is 0.853. The second-order valence-corrected chi connectivity index (χ2v) is 5.87. The van der Waals surface area contributed by atoms with Crippen molar-refractivity contribution in [3.8, 4) is 0 Å². The third-order valence-electron chi connectivity index (χ3n) is 3.66. The van der Waals surface area contributed by atoms with E-state index in [1.165, 1.54) is 11.5 Å². The Bertz CT molecular complexity index is 614. The molecule has 1 saturated heterocycles. The maximum absolute atomic E-state index is 12.2. The van der Waals surface area contributed by atoms with Crippen molar-refractivity contribution in [1.29, 1.82) is 0 Å². The molecular weight excluding hydrogens is 274 g/mol. The van der Waals surface area contributed by atoms with Gasteiger partial charge in [0, 0.05) is 44.4 Å². The summed E-state index contributed by atoms with van der Waals surface area (Å²) in [7, 11) is 0. The summed E-state index contributed by atoms with van der Waals surface area (Å²) in [4.78, 5) is 19.1. The molecule has 1 aliphatic heterocycles. The second kappa shape index (κ2) is 5.32. The van der Waals surface area contributed by atoms with E-state index < -0.39 is 0 Å². The van der Waals surface area contributed by atoms with E-state index in [2.05, 4.69) is 26.1 Å². The van der Waals surface area contributed by atoms with Crippen molar-refractivity contribution >= 4 is 17.4 Å². The SMILES string of the molecule is CCc1nccn1CC1CN(C(=O)c2snnc2C)C1. The summed E-state index contributed by atoms with van der Waals surface area (Å²) < 4.78 is 6.00. The van der Waals surface area contributed by atoms with Gasteiger partial charge in [0.25, 0.3) is 5.91 Å². The number of aromatic nitrogens is 4. The number of amides is 1. The van der Waals surface area contributed by atoms with Crippen LogP contribution in [0, 0.1) is 12.8 Å². The van der Waals surface area contributed by atoms with Gasteiger partial charge in [-0.2, -0.15) is 0 Å². The van der Waals surface area contributed by atoms with Crippen LogP contribution in [0.5, 0.6) is 0 Å². The molecule has 3 heterocycles. The zero-order chi connectivity index (χ0) is 14.1. The first-order valence-electron chi connectivity index (χ1n) is 6.77. The number of carbonyl (C=O) groups is 1. The Kier molecular flexibility index (Phi) is 3.52. The number of carbonyl (C=O) groups excluding carboxylic acids is 1. The molecule has 1 aliphatic rings. The van der Waals surface area contributed by atoms with Crippen molar-refractivity contribution in [2.45, 2.75) is 26.8 Å². The maximum Gasteiger partial charge on any atom is 0.267 e. The molecule has 0 radical (unpaired) electrons. The van der Waals surface area contributed by atoms with E-state index in [0.717, 1.165) is 37.6 Å². The van der Waals surface area contributed by atoms with E-state index in [1.54, 1.807) is 0 Å². The molecule has 1 fully saturated rings. The highest BCUT2D eigenvalue weighted by Crippen LogP contribution is 2.23. The van der Waals surface area contributed by atoms with E-state index in [9.17, 15) is 4.79 Å². The molecule has 0 spiro atoms. The lowest BCUT2D eigenvalue weighted by Gasteiger charge is -2.39. The minimum atomic E-state index is 0.0649. The van der Waals surface area contributed by atoms with Crippen LogP contribution < -0.4 is 0 Å². The van der Waals surface area contributed by atoms with Gasteiger partial charge in [0.05, 0.1) is 5.69 Å². The van der Waals surface area contributed by atoms with Crippen LogP contribution in [0.25, 0.3) is 0 Å². The smallest absolute Gasteiger partial charge is 0.267 e. The molecule has 0 bridgehead atoms. The van der Waals surface area contributed by atoms with Crippen LogP contribution in [-0.2, 0) is 13.0 Å². The lowest BCUT2D eigenvalue weighted by Crippen LogP contribution is -2.51. The number of aryl methyl sites for hydroxylation is 2. The van der Waals surface area contributed by atoms with Crippen LogP contribution in [0.3, 0.4) is 0 Å². The van der Waals surface area contributed by atoms with Gasteiger partial charge in [-0.25, -0.2) is 4.98 Å². The van der Waals surface area contributed by atoms with Crippen LogP contribution in [-0.4, -0.2) is 43.0 Å². The first kappa shape index (κ1) is 13.2. The van der Waals surface area contributed by atoms with Crippen molar-refractivity contribution in [1.82, 2.24) is 24.0 Å². The highest BCUT2D eigenvalue weighted by atomic mass is 32.1. The van der Waals surface area contributed by atoms with Crippen molar-refractivity contribution in [3.05, 3.63) is 28.8 Å². The van der Waals surface area contributed by atoms with E-state index in [1.807, 2.05) is 24.2 Å². The molecular formula is C13H17N5OS. The monoisotopic (exact) mass is 291 g/mol. The van der Waals surface area contributed by atoms with Gasteiger partial charge < -0.3 is 9.47 Å². The summed E-state index contributed by atoms with van der Waals surface area (Å²) in [6.45, 7) is 6.48. The topological polar surface area (TPSA) is 63.9 Å². The van der Waals surface area contributed by atoms with E-state index in [-0.39, 0.29) is 5.91 Å². The maximum atomic E-state index is 12.2. The van der Waals surface area contributed by atoms with E-state index >= 15 is 0 Å². The third kappa shape index (κ3) is 2.33. The first-order chi connectivity index (χ1) is 9.69. The molecule has 1 amide bonds. The van der Waals surface area contributed by atoms with Crippen LogP contribution in [0.1, 0.15) is 28.1 Å². The number of nitrogens with zero attached hydrogens (tertiary/aromatic N) is 5. The Labute approximate surface area is 121 Å². The largest absolute Gasteiger partial charge is 0.337 e. The highest BCUT2D eigenvalue weighted by molar-refractivity contribution is 7.07. The number of hydrogen-bond acceptors (Lipinski definition) is 5. The molecule has 2 aromatic heterocycles. The van der Waals surface area contributed by atoms with Crippen molar-refractivity contribution in [3.63, 3.8) is 0 Å². The van der Waals surface area contributed by atoms with Gasteiger partial charge in [0.15, 0.2) is 0 Å². The molecule has 0 atom stereocenters. The molecule has 0 N–H and O–H groups in total. The summed E-state index contributed by atoms with van der Waals surface area (Å²) in [5.74, 6) is 1.69. The van der Waals surface area contributed by atoms with Gasteiger partial charge in [-0.15, -0.1) is 5.10 Å². The predicted octanol–water partition coefficient (Wildman–Crippen LogP) is 1.38. The molecule has 7 heteroatoms. The van der Waals surface area contributed by atoms with Gasteiger partial charge in [-0.3, -0.25) is 4.79 Å². The van der Waals surface area contributed by atoms with Crippen molar-refractivity contribution in [2.75, 3.05) is 13.1 Å². The number of imidazole rings is 1. The standard InChI is InChI=1S/C13H17N5OS/c1-3-11-14-4-5-17(11)6-10-7-18(8-10)13(19)12-9(2)15-16-20-12/h4-5,10H,3,6-8H2,1-2H3. The fourth-order valence-electron chi connectivity index (χ4n) is 2.52. The van der Waals surface area contributed by atoms with E-state index in [0.29, 0.717) is 10.8 Å². The normalized spacial score (nSPS) is 15.4. The molecule has 2 aromatic rings. The molecule has 0 saturated carbocycles. The van der Waals surface area contributed by atoms with Crippen molar-refractivity contribution in [2.24, 2.45) is 5.92 Å². The summed E-state index contributed by atoms with van der Waals surface area (Å²) in [5, 5.41) is 3.89. The Balaban J connectivity index is 1.57. The minimum Gasteiger partial charge on any atom is -0.337 e. The predicted molar refractivity (Wildman–Crippen MR) is 75.6 cm³/mol. The van der Waals surface area contributed by atoms with Gasteiger partial charge in [0.2, 0.25) is 0 Å². The van der Waals surface area contributed by atoms with Crippen LogP contribution in [0.2, 0.25) is 0 Å². The lowest BCUT2D eigenvalue weighted by atomic mass is 9.99. The van der Waals surface area contributed by atoms with Crippen molar-refractivity contribution < 1.29 is 4.79 Å². The summed E-state index contributed by atoms with van der Waals surface area (Å²) in [5.41, 5.74) is 0.728. The molecule has 3 rings (SSSR count). The number of rotatable bonds is 4. The summed E-state index contributed by atoms with van der Waals surface area (Å²) in [6.07, 6.45) is 4.79. The molecule has 0 aliphatic carbocycles. The fraction of sp³-hybridized carbons (Fsp3) is 0.538. The van der Waals surface area contributed by atoms with Gasteiger partial charge in [0.1, 0.15) is 10.7 Å². The average molecular weight is 291 g/mol. The Morgan fingerprint density at radius 2 is 2.30 bits per heavy atom. The molecule has 106 valence electrons. The Hall–Kier alpha value is -1.76. The third-order valence-corrected chi connectivity index (χ3v) is 4.48. The van der Waals surface area contributed by atoms with Gasteiger partial charge in [-0.1, -0.05) is 11.4 Å². The Morgan fingerprint density at radius 1 is 1.50 bits per heavy atom. The average Bonchev–Trinajstić information content (AvgIpc) is 3.00. The zero-order valence-electron chi connectivity index (χ0n) is 11.6.